The van der Waals surface area contributed by atoms with Gasteiger partial charge in [-0.1, -0.05) is 63.1 Å². The van der Waals surface area contributed by atoms with Gasteiger partial charge in [0.1, 0.15) is 6.61 Å². The molecule has 14 heteroatoms. The maximum absolute atomic E-state index is 14.3. The number of aromatic nitrogens is 1. The van der Waals surface area contributed by atoms with Gasteiger partial charge in [-0.05, 0) is 68.3 Å². The fraction of sp³-hybridized carbons (Fsp3) is 0.278. The van der Waals surface area contributed by atoms with Gasteiger partial charge in [-0.2, -0.15) is 0 Å². The minimum Gasteiger partial charge on any atom is -0.493 e. The quantitative estimate of drug-likeness (QED) is 0.156. The largest absolute Gasteiger partial charge is 0.493 e. The number of ether oxygens (including phenoxy) is 6. The van der Waals surface area contributed by atoms with Crippen LogP contribution in [-0.4, -0.2) is 50.5 Å². The Morgan fingerprint density at radius 1 is 0.980 bits per heavy atom. The van der Waals surface area contributed by atoms with Crippen molar-refractivity contribution in [2.45, 2.75) is 33.4 Å². The van der Waals surface area contributed by atoms with Gasteiger partial charge in [0, 0.05) is 15.1 Å². The lowest BCUT2D eigenvalue weighted by Crippen LogP contribution is -2.40. The van der Waals surface area contributed by atoms with Crippen molar-refractivity contribution in [3.05, 3.63) is 112 Å². The van der Waals surface area contributed by atoms with Crippen LogP contribution in [-0.2, 0) is 25.7 Å². The molecule has 0 saturated heterocycles. The molecule has 1 atom stereocenters. The van der Waals surface area contributed by atoms with Gasteiger partial charge in [-0.15, -0.1) is 0 Å². The van der Waals surface area contributed by atoms with Crippen molar-refractivity contribution < 1.29 is 38.0 Å². The molecule has 0 radical (unpaired) electrons. The molecule has 1 aliphatic rings. The molecule has 1 aromatic heterocycles. The maximum Gasteiger partial charge on any atom is 0.343 e. The van der Waals surface area contributed by atoms with Gasteiger partial charge in [0.15, 0.2) is 34.4 Å². The van der Waals surface area contributed by atoms with E-state index in [-0.39, 0.29) is 31.0 Å². The zero-order valence-corrected chi connectivity index (χ0v) is 31.1. The standard InChI is InChI=1S/C36H34BrClN2O9S/c1-6-46-28-14-21(12-13-26(28)49-19-31(41)45-5)33-32(35(43)47-7-2)20(3)39-36-40(33)34(42)30(50-36)16-23-15-27(44-4)29(17-24(23)37)48-18-22-10-8-9-11-25(22)38/h8-17,33H,6-7,18-19H2,1-5H3/b30-16-/t33-/m1/s1. The first-order valence-electron chi connectivity index (χ1n) is 15.5. The van der Waals surface area contributed by atoms with Crippen LogP contribution in [0.25, 0.3) is 6.08 Å². The summed E-state index contributed by atoms with van der Waals surface area (Å²) in [7, 11) is 2.80. The zero-order chi connectivity index (χ0) is 35.9. The van der Waals surface area contributed by atoms with Crippen LogP contribution in [0.2, 0.25) is 5.02 Å². The first-order valence-corrected chi connectivity index (χ1v) is 17.5. The molecule has 1 aliphatic heterocycles. The molecule has 0 fully saturated rings. The summed E-state index contributed by atoms with van der Waals surface area (Å²) in [6.07, 6.45) is 1.73. The van der Waals surface area contributed by atoms with Gasteiger partial charge in [0.2, 0.25) is 0 Å². The maximum atomic E-state index is 14.3. The van der Waals surface area contributed by atoms with Crippen LogP contribution in [0.5, 0.6) is 23.0 Å². The van der Waals surface area contributed by atoms with Crippen LogP contribution in [0.3, 0.4) is 0 Å². The number of carbonyl (C=O) groups excluding carboxylic acids is 2. The van der Waals surface area contributed by atoms with Crippen LogP contribution >= 0.6 is 38.9 Å². The average molecular weight is 786 g/mol. The third-order valence-electron chi connectivity index (χ3n) is 7.58. The highest BCUT2D eigenvalue weighted by atomic mass is 79.9. The molecule has 0 unspecified atom stereocenters. The molecule has 2 heterocycles. The number of esters is 2. The molecule has 0 saturated carbocycles. The SMILES string of the molecule is CCOC(=O)C1=C(C)N=c2s/c(=C\c3cc(OC)c(OCc4ccccc4Cl)cc3Br)c(=O)n2[C@@H]1c1ccc(OCC(=O)OC)c(OCC)c1. The molecule has 3 aromatic carbocycles. The Hall–Kier alpha value is -4.59. The van der Waals surface area contributed by atoms with Gasteiger partial charge < -0.3 is 28.4 Å². The van der Waals surface area contributed by atoms with E-state index in [1.807, 2.05) is 18.2 Å². The summed E-state index contributed by atoms with van der Waals surface area (Å²) in [5.74, 6) is 0.395. The number of hydrogen-bond acceptors (Lipinski definition) is 11. The number of rotatable bonds is 13. The second-order valence-electron chi connectivity index (χ2n) is 10.7. The number of halogens is 2. The fourth-order valence-electron chi connectivity index (χ4n) is 5.23. The third kappa shape index (κ3) is 7.90. The van der Waals surface area contributed by atoms with E-state index in [0.29, 0.717) is 65.3 Å². The molecular weight excluding hydrogens is 752 g/mol. The van der Waals surface area contributed by atoms with Crippen molar-refractivity contribution in [3.8, 4) is 23.0 Å². The van der Waals surface area contributed by atoms with Gasteiger partial charge in [-0.3, -0.25) is 9.36 Å². The normalized spacial score (nSPS) is 14.1. The monoisotopic (exact) mass is 784 g/mol. The molecule has 0 amide bonds. The van der Waals surface area contributed by atoms with E-state index >= 15 is 0 Å². The number of hydrogen-bond donors (Lipinski definition) is 0. The number of thiazole rings is 1. The number of methoxy groups -OCH3 is 2. The lowest BCUT2D eigenvalue weighted by atomic mass is 9.95. The van der Waals surface area contributed by atoms with Crippen molar-refractivity contribution in [3.63, 3.8) is 0 Å². The highest BCUT2D eigenvalue weighted by Crippen LogP contribution is 2.37. The molecule has 5 rings (SSSR count). The minimum atomic E-state index is -0.903. The lowest BCUT2D eigenvalue weighted by molar-refractivity contribution is -0.143. The smallest absolute Gasteiger partial charge is 0.343 e. The van der Waals surface area contributed by atoms with E-state index in [1.54, 1.807) is 63.2 Å². The fourth-order valence-corrected chi connectivity index (χ4v) is 6.90. The van der Waals surface area contributed by atoms with Crippen LogP contribution in [0, 0.1) is 0 Å². The lowest BCUT2D eigenvalue weighted by Gasteiger charge is -2.25. The summed E-state index contributed by atoms with van der Waals surface area (Å²) in [6, 6.07) is 15.0. The molecule has 50 heavy (non-hydrogen) atoms. The minimum absolute atomic E-state index is 0.130. The van der Waals surface area contributed by atoms with Gasteiger partial charge in [0.05, 0.1) is 49.3 Å². The molecular formula is C36H34BrClN2O9S. The predicted molar refractivity (Wildman–Crippen MR) is 192 cm³/mol. The van der Waals surface area contributed by atoms with E-state index < -0.39 is 18.0 Å². The Kier molecular flexibility index (Phi) is 12.0. The molecule has 4 aromatic rings. The van der Waals surface area contributed by atoms with Crippen LogP contribution in [0.15, 0.2) is 80.1 Å². The summed E-state index contributed by atoms with van der Waals surface area (Å²) in [4.78, 5) is 44.5. The molecule has 0 bridgehead atoms. The van der Waals surface area contributed by atoms with Crippen molar-refractivity contribution in [2.75, 3.05) is 34.0 Å². The van der Waals surface area contributed by atoms with Gasteiger partial charge >= 0.3 is 11.9 Å². The summed E-state index contributed by atoms with van der Waals surface area (Å²) in [5, 5.41) is 0.592. The summed E-state index contributed by atoms with van der Waals surface area (Å²) in [6.45, 7) is 5.54. The van der Waals surface area contributed by atoms with Crippen molar-refractivity contribution >= 4 is 56.9 Å². The van der Waals surface area contributed by atoms with E-state index in [2.05, 4.69) is 25.7 Å². The summed E-state index contributed by atoms with van der Waals surface area (Å²) < 4.78 is 35.8. The number of fused-ring (bicyclic) bond motifs is 1. The van der Waals surface area contributed by atoms with Crippen LogP contribution in [0.4, 0.5) is 0 Å². The number of nitrogens with zero attached hydrogens (tertiary/aromatic N) is 2. The topological polar surface area (TPSA) is 124 Å². The summed E-state index contributed by atoms with van der Waals surface area (Å²) >= 11 is 11.1. The highest BCUT2D eigenvalue weighted by molar-refractivity contribution is 9.10. The molecule has 262 valence electrons. The molecule has 0 spiro atoms. The zero-order valence-electron chi connectivity index (χ0n) is 27.9. The van der Waals surface area contributed by atoms with Crippen LogP contribution in [0.1, 0.15) is 43.5 Å². The van der Waals surface area contributed by atoms with Gasteiger partial charge in [0.25, 0.3) is 5.56 Å². The van der Waals surface area contributed by atoms with E-state index in [9.17, 15) is 14.4 Å². The van der Waals surface area contributed by atoms with Crippen molar-refractivity contribution in [1.29, 1.82) is 0 Å². The molecule has 0 aliphatic carbocycles. The Morgan fingerprint density at radius 2 is 1.74 bits per heavy atom. The van der Waals surface area contributed by atoms with Gasteiger partial charge in [-0.25, -0.2) is 14.6 Å². The van der Waals surface area contributed by atoms with E-state index in [1.165, 1.54) is 30.1 Å². The number of allylic oxidation sites excluding steroid dienone is 1. The highest BCUT2D eigenvalue weighted by Gasteiger charge is 2.34. The first-order chi connectivity index (χ1) is 24.1. The average Bonchev–Trinajstić information content (AvgIpc) is 3.41. The summed E-state index contributed by atoms with van der Waals surface area (Å²) in [5.41, 5.74) is 2.27. The van der Waals surface area contributed by atoms with E-state index in [4.69, 9.17) is 35.3 Å². The van der Waals surface area contributed by atoms with Crippen molar-refractivity contribution in [2.24, 2.45) is 4.99 Å². The molecule has 0 N–H and O–H groups in total. The molecule has 11 nitrogen and oxygen atoms in total. The number of benzene rings is 3. The Morgan fingerprint density at radius 3 is 2.44 bits per heavy atom. The van der Waals surface area contributed by atoms with E-state index in [0.717, 1.165) is 5.56 Å². The number of carbonyl (C=O) groups is 2. The Balaban J connectivity index is 1.59. The van der Waals surface area contributed by atoms with Crippen LogP contribution < -0.4 is 33.8 Å². The second-order valence-corrected chi connectivity index (χ2v) is 13.0. The third-order valence-corrected chi connectivity index (χ3v) is 9.62. The Labute approximate surface area is 305 Å². The Bertz CT molecular complexity index is 2140. The predicted octanol–water partition coefficient (Wildman–Crippen LogP) is 5.75. The first kappa shape index (κ1) is 36.7. The van der Waals surface area contributed by atoms with Crippen molar-refractivity contribution in [1.82, 2.24) is 4.57 Å². The second kappa shape index (κ2) is 16.4.